The topological polar surface area (TPSA) is 80.2 Å². The van der Waals surface area contributed by atoms with E-state index in [2.05, 4.69) is 21.8 Å². The molecule has 156 valence electrons. The molecule has 7 nitrogen and oxygen atoms in total. The lowest BCUT2D eigenvalue weighted by atomic mass is 10.0. The molecule has 0 bridgehead atoms. The minimum atomic E-state index is -3.56. The van der Waals surface area contributed by atoms with Crippen LogP contribution in [0.2, 0.25) is 0 Å². The average Bonchev–Trinajstić information content (AvgIpc) is 3.33. The number of ether oxygens (including phenoxy) is 1. The van der Waals surface area contributed by atoms with Gasteiger partial charge in [-0.2, -0.15) is 0 Å². The lowest BCUT2D eigenvalue weighted by Gasteiger charge is -2.35. The van der Waals surface area contributed by atoms with Gasteiger partial charge in [-0.15, -0.1) is 0 Å². The maximum atomic E-state index is 14.3. The van der Waals surface area contributed by atoms with Crippen molar-refractivity contribution >= 4 is 37.6 Å². The van der Waals surface area contributed by atoms with E-state index in [0.717, 1.165) is 22.7 Å². The fourth-order valence-corrected chi connectivity index (χ4v) is 4.88. The lowest BCUT2D eigenvalue weighted by molar-refractivity contribution is 0.0991. The number of rotatable bonds is 3. The first kappa shape index (κ1) is 19.1. The number of morpholine rings is 1. The highest BCUT2D eigenvalue weighted by Crippen LogP contribution is 2.36. The number of benzene rings is 1. The summed E-state index contributed by atoms with van der Waals surface area (Å²) in [6.07, 6.45) is 4.41. The van der Waals surface area contributed by atoms with Crippen molar-refractivity contribution in [2.45, 2.75) is 13.0 Å². The molecule has 3 aromatic heterocycles. The van der Waals surface area contributed by atoms with Gasteiger partial charge >= 0.3 is 0 Å². The Morgan fingerprint density at radius 3 is 2.83 bits per heavy atom. The molecule has 0 saturated carbocycles. The van der Waals surface area contributed by atoms with Gasteiger partial charge in [0.25, 0.3) is 0 Å². The van der Waals surface area contributed by atoms with Crippen molar-refractivity contribution in [1.82, 2.24) is 13.9 Å². The van der Waals surface area contributed by atoms with Gasteiger partial charge in [0, 0.05) is 46.8 Å². The van der Waals surface area contributed by atoms with Crippen LogP contribution in [0.15, 0.2) is 42.7 Å². The summed E-state index contributed by atoms with van der Waals surface area (Å²) >= 11 is 0. The van der Waals surface area contributed by atoms with E-state index >= 15 is 0 Å². The Kier molecular flexibility index (Phi) is 4.33. The van der Waals surface area contributed by atoms with Crippen LogP contribution in [0.1, 0.15) is 6.92 Å². The number of anilines is 1. The third-order valence-corrected chi connectivity index (χ3v) is 6.56. The van der Waals surface area contributed by atoms with Crippen LogP contribution in [0, 0.1) is 5.82 Å². The Morgan fingerprint density at radius 1 is 1.23 bits per heavy atom. The minimum Gasteiger partial charge on any atom is -0.377 e. The van der Waals surface area contributed by atoms with E-state index in [-0.39, 0.29) is 11.9 Å². The predicted octanol–water partition coefficient (Wildman–Crippen LogP) is 3.36. The van der Waals surface area contributed by atoms with Crippen LogP contribution in [0.3, 0.4) is 0 Å². The van der Waals surface area contributed by atoms with Gasteiger partial charge in [-0.25, -0.2) is 21.8 Å². The summed E-state index contributed by atoms with van der Waals surface area (Å²) < 4.78 is 45.8. The van der Waals surface area contributed by atoms with E-state index < -0.39 is 10.0 Å². The first-order chi connectivity index (χ1) is 14.3. The smallest absolute Gasteiger partial charge is 0.237 e. The second-order valence-corrected chi connectivity index (χ2v) is 9.51. The van der Waals surface area contributed by atoms with E-state index in [4.69, 9.17) is 4.74 Å². The molecule has 0 amide bonds. The van der Waals surface area contributed by atoms with Crippen LogP contribution in [0.25, 0.3) is 33.2 Å². The average molecular weight is 428 g/mol. The van der Waals surface area contributed by atoms with Gasteiger partial charge in [-0.05, 0) is 37.3 Å². The number of hydrogen-bond donors (Lipinski definition) is 1. The standard InChI is InChI=1S/C21H21FN4O3S/c1-13-12-29-8-7-25(13)20-11-19(17-9-14(22)10-18-15(17)3-5-23-18)24-21-16(20)4-6-26(21)30(2,27)28/h3-6,9-11,13,23H,7-8,12H2,1-2H3. The number of nitrogens with one attached hydrogen (secondary N) is 1. The molecule has 1 aliphatic heterocycles. The van der Waals surface area contributed by atoms with Gasteiger partial charge in [-0.1, -0.05) is 0 Å². The van der Waals surface area contributed by atoms with Gasteiger partial charge in [-0.3, -0.25) is 0 Å². The Morgan fingerprint density at radius 2 is 2.07 bits per heavy atom. The molecule has 30 heavy (non-hydrogen) atoms. The molecule has 1 fully saturated rings. The van der Waals surface area contributed by atoms with E-state index in [0.29, 0.717) is 42.2 Å². The van der Waals surface area contributed by atoms with Gasteiger partial charge in [0.2, 0.25) is 10.0 Å². The second-order valence-electron chi connectivity index (χ2n) is 7.65. The van der Waals surface area contributed by atoms with E-state index in [1.807, 2.05) is 12.1 Å². The zero-order chi connectivity index (χ0) is 21.0. The third kappa shape index (κ3) is 3.05. The van der Waals surface area contributed by atoms with Crippen molar-refractivity contribution in [2.75, 3.05) is 30.9 Å². The highest BCUT2D eigenvalue weighted by Gasteiger charge is 2.25. The van der Waals surface area contributed by atoms with Crippen LogP contribution in [-0.2, 0) is 14.8 Å². The molecule has 0 aliphatic carbocycles. The second kappa shape index (κ2) is 6.82. The predicted molar refractivity (Wildman–Crippen MR) is 115 cm³/mol. The number of hydrogen-bond acceptors (Lipinski definition) is 5. The molecule has 1 atom stereocenters. The normalized spacial score (nSPS) is 17.8. The zero-order valence-corrected chi connectivity index (χ0v) is 17.4. The van der Waals surface area contributed by atoms with Crippen molar-refractivity contribution in [2.24, 2.45) is 0 Å². The van der Waals surface area contributed by atoms with Crippen molar-refractivity contribution < 1.29 is 17.5 Å². The molecule has 1 N–H and O–H groups in total. The Hall–Kier alpha value is -2.91. The molecule has 0 spiro atoms. The maximum Gasteiger partial charge on any atom is 0.237 e. The summed E-state index contributed by atoms with van der Waals surface area (Å²) in [5.41, 5.74) is 2.98. The highest BCUT2D eigenvalue weighted by molar-refractivity contribution is 7.89. The van der Waals surface area contributed by atoms with E-state index in [1.54, 1.807) is 12.3 Å². The fourth-order valence-electron chi connectivity index (χ4n) is 4.14. The fraction of sp³-hybridized carbons (Fsp3) is 0.286. The monoisotopic (exact) mass is 428 g/mol. The van der Waals surface area contributed by atoms with Crippen molar-refractivity contribution in [3.05, 3.63) is 48.5 Å². The Labute approximate surface area is 173 Å². The third-order valence-electron chi connectivity index (χ3n) is 5.55. The SMILES string of the molecule is CC1COCCN1c1cc(-c2cc(F)cc3[nH]ccc23)nc2c1ccn2S(C)(=O)=O. The molecular formula is C21H21FN4O3S. The van der Waals surface area contributed by atoms with Crippen LogP contribution in [-0.4, -0.2) is 54.4 Å². The Balaban J connectivity index is 1.83. The van der Waals surface area contributed by atoms with Crippen LogP contribution in [0.5, 0.6) is 0 Å². The molecule has 1 unspecified atom stereocenters. The van der Waals surface area contributed by atoms with Crippen molar-refractivity contribution in [3.63, 3.8) is 0 Å². The lowest BCUT2D eigenvalue weighted by Crippen LogP contribution is -2.43. The summed E-state index contributed by atoms with van der Waals surface area (Å²) in [4.78, 5) is 9.89. The molecule has 5 rings (SSSR count). The summed E-state index contributed by atoms with van der Waals surface area (Å²) in [5, 5.41) is 1.56. The van der Waals surface area contributed by atoms with Crippen LogP contribution >= 0.6 is 0 Å². The Bertz CT molecular complexity index is 1380. The number of H-pyrrole nitrogens is 1. The molecule has 9 heteroatoms. The number of halogens is 1. The molecular weight excluding hydrogens is 407 g/mol. The molecule has 4 heterocycles. The number of pyridine rings is 1. The number of fused-ring (bicyclic) bond motifs is 2. The van der Waals surface area contributed by atoms with Crippen molar-refractivity contribution in [1.29, 1.82) is 0 Å². The summed E-state index contributed by atoms with van der Waals surface area (Å²) in [7, 11) is -3.56. The van der Waals surface area contributed by atoms with Gasteiger partial charge in [0.05, 0.1) is 30.9 Å². The van der Waals surface area contributed by atoms with Gasteiger partial charge < -0.3 is 14.6 Å². The number of aromatic nitrogens is 3. The summed E-state index contributed by atoms with van der Waals surface area (Å²) in [6.45, 7) is 3.89. The first-order valence-corrected chi connectivity index (χ1v) is 11.5. The molecule has 0 radical (unpaired) electrons. The molecule has 1 saturated heterocycles. The number of nitrogens with zero attached hydrogens (tertiary/aromatic N) is 3. The summed E-state index contributed by atoms with van der Waals surface area (Å²) in [5.74, 6) is -0.387. The number of aromatic amines is 1. The zero-order valence-electron chi connectivity index (χ0n) is 16.6. The quantitative estimate of drug-likeness (QED) is 0.541. The largest absolute Gasteiger partial charge is 0.377 e. The van der Waals surface area contributed by atoms with Crippen LogP contribution in [0.4, 0.5) is 10.1 Å². The summed E-state index contributed by atoms with van der Waals surface area (Å²) in [6, 6.07) is 8.52. The molecule has 1 aromatic carbocycles. The van der Waals surface area contributed by atoms with Crippen LogP contribution < -0.4 is 4.90 Å². The van der Waals surface area contributed by atoms with Crippen molar-refractivity contribution in [3.8, 4) is 11.3 Å². The first-order valence-electron chi connectivity index (χ1n) is 9.67. The molecule has 4 aromatic rings. The minimum absolute atomic E-state index is 0.110. The molecule has 1 aliphatic rings. The van der Waals surface area contributed by atoms with Gasteiger partial charge in [0.1, 0.15) is 5.82 Å². The highest BCUT2D eigenvalue weighted by atomic mass is 32.2. The van der Waals surface area contributed by atoms with Gasteiger partial charge in [0.15, 0.2) is 5.65 Å². The van der Waals surface area contributed by atoms with E-state index in [9.17, 15) is 12.8 Å². The maximum absolute atomic E-state index is 14.3. The van der Waals surface area contributed by atoms with E-state index in [1.165, 1.54) is 22.3 Å².